The Hall–Kier alpha value is -8.98. The molecule has 0 fully saturated rings. The van der Waals surface area contributed by atoms with E-state index in [0.29, 0.717) is 0 Å². The van der Waals surface area contributed by atoms with Gasteiger partial charge in [0, 0.05) is 33.5 Å². The molecule has 0 amide bonds. The molecule has 1 heterocycles. The number of anilines is 3. The highest BCUT2D eigenvalue weighted by atomic mass is 15.1. The number of unbranched alkanes of at least 4 members (excludes halogenated alkanes) is 11. The van der Waals surface area contributed by atoms with Crippen LogP contribution in [0.15, 0.2) is 261 Å². The van der Waals surface area contributed by atoms with Crippen molar-refractivity contribution in [2.24, 2.45) is 0 Å². The van der Waals surface area contributed by atoms with E-state index in [-0.39, 0.29) is 0 Å². The fraction of sp³-hybridized carbons (Fsp3) is 0.205. The number of hydrogen-bond donors (Lipinski definition) is 0. The number of nitrogens with zero attached hydrogens (tertiary/aromatic N) is 2. The molecule has 13 rings (SSSR count). The Bertz CT molecular complexity index is 4190. The van der Waals surface area contributed by atoms with E-state index >= 15 is 0 Å². The summed E-state index contributed by atoms with van der Waals surface area (Å²) in [6, 6.07) is 97.8. The van der Waals surface area contributed by atoms with Crippen molar-refractivity contribution in [3.63, 3.8) is 0 Å². The molecule has 11 aromatic carbocycles. The van der Waals surface area contributed by atoms with Crippen LogP contribution in [-0.2, 0) is 11.8 Å². The van der Waals surface area contributed by atoms with E-state index in [1.165, 1.54) is 188 Å². The topological polar surface area (TPSA) is 8.17 Å². The van der Waals surface area contributed by atoms with Crippen molar-refractivity contribution in [2.45, 2.75) is 110 Å². The van der Waals surface area contributed by atoms with E-state index < -0.39 is 5.41 Å². The van der Waals surface area contributed by atoms with Crippen molar-refractivity contribution >= 4 is 38.9 Å². The first-order chi connectivity index (χ1) is 41.9. The lowest BCUT2D eigenvalue weighted by molar-refractivity contribution is 0.544. The number of rotatable bonds is 22. The standard InChI is InChI=1S/C83H78N2/c1-4-5-6-7-8-9-10-11-12-13-14-18-29-62-52-60(2)53-67(56-62)68-54-61(3)55-74(57-68)85-81-39-28-26-37-77(81)78-58-66(44-51-82(78)85)65-42-47-72(48-43-65)84(71-45-40-64(41-46-71)63-30-19-15-20-31-63)73-49-50-76-75-36-25-27-38-79(75)83(80(76)59-73,69-32-21-16-22-33-69)70-34-23-17-24-35-70/h15-17,19-28,30-59H,4-14,18,29H2,1-3H3. The number of hydrogen-bond acceptors (Lipinski definition) is 1. The maximum absolute atomic E-state index is 2.48. The Balaban J connectivity index is 0.817. The van der Waals surface area contributed by atoms with Crippen molar-refractivity contribution in [1.82, 2.24) is 4.57 Å². The molecule has 420 valence electrons. The normalized spacial score (nSPS) is 12.4. The highest BCUT2D eigenvalue weighted by molar-refractivity contribution is 6.10. The minimum atomic E-state index is -0.517. The Kier molecular flexibility index (Phi) is 16.3. The Morgan fingerprint density at radius 3 is 1.48 bits per heavy atom. The third kappa shape index (κ3) is 11.2. The minimum Gasteiger partial charge on any atom is -0.310 e. The van der Waals surface area contributed by atoms with Crippen LogP contribution in [0, 0.1) is 13.8 Å². The summed E-state index contributed by atoms with van der Waals surface area (Å²) in [6.07, 6.45) is 17.6. The van der Waals surface area contributed by atoms with Gasteiger partial charge in [0.15, 0.2) is 0 Å². The van der Waals surface area contributed by atoms with Crippen molar-refractivity contribution in [3.8, 4) is 50.2 Å². The lowest BCUT2D eigenvalue weighted by atomic mass is 9.67. The summed E-state index contributed by atoms with van der Waals surface area (Å²) in [5, 5.41) is 2.50. The van der Waals surface area contributed by atoms with Crippen molar-refractivity contribution in [3.05, 3.63) is 300 Å². The van der Waals surface area contributed by atoms with Gasteiger partial charge in [0.2, 0.25) is 0 Å². The molecule has 2 nitrogen and oxygen atoms in total. The molecule has 0 spiro atoms. The number of benzene rings is 11. The number of fused-ring (bicyclic) bond motifs is 6. The molecule has 0 aliphatic heterocycles. The first kappa shape index (κ1) is 55.2. The van der Waals surface area contributed by atoms with E-state index in [1.54, 1.807) is 0 Å². The molecule has 0 bridgehead atoms. The van der Waals surface area contributed by atoms with E-state index in [0.717, 1.165) is 23.5 Å². The first-order valence-electron chi connectivity index (χ1n) is 31.6. The smallest absolute Gasteiger partial charge is 0.0714 e. The van der Waals surface area contributed by atoms with Gasteiger partial charge in [-0.3, -0.25) is 0 Å². The van der Waals surface area contributed by atoms with E-state index in [2.05, 4.69) is 291 Å². The summed E-state index contributed by atoms with van der Waals surface area (Å²) >= 11 is 0. The lowest BCUT2D eigenvalue weighted by Crippen LogP contribution is -2.28. The van der Waals surface area contributed by atoms with Crippen LogP contribution in [0.5, 0.6) is 0 Å². The van der Waals surface area contributed by atoms with E-state index in [9.17, 15) is 0 Å². The van der Waals surface area contributed by atoms with Crippen LogP contribution in [-0.4, -0.2) is 4.57 Å². The van der Waals surface area contributed by atoms with Crippen molar-refractivity contribution in [2.75, 3.05) is 4.90 Å². The molecular weight excluding hydrogens is 1020 g/mol. The molecule has 0 saturated heterocycles. The fourth-order valence-corrected chi connectivity index (χ4v) is 14.1. The van der Waals surface area contributed by atoms with Crippen LogP contribution in [0.1, 0.15) is 123 Å². The Morgan fingerprint density at radius 2 is 0.824 bits per heavy atom. The number of para-hydroxylation sites is 1. The van der Waals surface area contributed by atoms with Gasteiger partial charge in [-0.1, -0.05) is 277 Å². The van der Waals surface area contributed by atoms with Crippen molar-refractivity contribution in [1.29, 1.82) is 0 Å². The van der Waals surface area contributed by atoms with E-state index in [1.807, 2.05) is 0 Å². The second-order valence-corrected chi connectivity index (χ2v) is 24.0. The van der Waals surface area contributed by atoms with Gasteiger partial charge in [0.25, 0.3) is 0 Å². The third-order valence-electron chi connectivity index (χ3n) is 18.2. The first-order valence-corrected chi connectivity index (χ1v) is 31.6. The zero-order valence-corrected chi connectivity index (χ0v) is 49.9. The molecule has 0 saturated carbocycles. The van der Waals surface area contributed by atoms with Gasteiger partial charge in [0.05, 0.1) is 16.4 Å². The van der Waals surface area contributed by atoms with E-state index in [4.69, 9.17) is 0 Å². The predicted octanol–water partition coefficient (Wildman–Crippen LogP) is 23.5. The molecule has 1 aliphatic carbocycles. The molecule has 0 N–H and O–H groups in total. The maximum Gasteiger partial charge on any atom is 0.0714 e. The molecule has 0 radical (unpaired) electrons. The summed E-state index contributed by atoms with van der Waals surface area (Å²) < 4.78 is 2.48. The summed E-state index contributed by atoms with van der Waals surface area (Å²) in [4.78, 5) is 2.44. The van der Waals surface area contributed by atoms with Crippen LogP contribution in [0.2, 0.25) is 0 Å². The van der Waals surface area contributed by atoms with Gasteiger partial charge in [-0.25, -0.2) is 0 Å². The van der Waals surface area contributed by atoms with Gasteiger partial charge in [-0.2, -0.15) is 0 Å². The van der Waals surface area contributed by atoms with Crippen LogP contribution in [0.4, 0.5) is 17.1 Å². The van der Waals surface area contributed by atoms with Gasteiger partial charge >= 0.3 is 0 Å². The summed E-state index contributed by atoms with van der Waals surface area (Å²) in [6.45, 7) is 6.81. The molecule has 1 aromatic heterocycles. The second kappa shape index (κ2) is 25.1. The van der Waals surface area contributed by atoms with Crippen LogP contribution >= 0.6 is 0 Å². The largest absolute Gasteiger partial charge is 0.310 e. The fourth-order valence-electron chi connectivity index (χ4n) is 14.1. The summed E-state index contributed by atoms with van der Waals surface area (Å²) in [5.41, 5.74) is 25.4. The predicted molar refractivity (Wildman–Crippen MR) is 363 cm³/mol. The Morgan fingerprint density at radius 1 is 0.329 bits per heavy atom. The molecule has 0 atom stereocenters. The van der Waals surface area contributed by atoms with Crippen LogP contribution < -0.4 is 4.90 Å². The average molecular weight is 1100 g/mol. The molecule has 2 heteroatoms. The zero-order valence-electron chi connectivity index (χ0n) is 49.9. The van der Waals surface area contributed by atoms with Crippen LogP contribution in [0.3, 0.4) is 0 Å². The third-order valence-corrected chi connectivity index (χ3v) is 18.2. The summed E-state index contributed by atoms with van der Waals surface area (Å²) in [7, 11) is 0. The molecular formula is C83H78N2. The van der Waals surface area contributed by atoms with Gasteiger partial charge in [-0.05, 0) is 171 Å². The maximum atomic E-state index is 2.48. The molecule has 85 heavy (non-hydrogen) atoms. The highest BCUT2D eigenvalue weighted by Crippen LogP contribution is 2.57. The van der Waals surface area contributed by atoms with Crippen LogP contribution in [0.25, 0.3) is 72.0 Å². The van der Waals surface area contributed by atoms with Crippen molar-refractivity contribution < 1.29 is 0 Å². The Labute approximate surface area is 505 Å². The molecule has 12 aromatic rings. The number of aromatic nitrogens is 1. The SMILES string of the molecule is CCCCCCCCCCCCCCc1cc(C)cc(-c2cc(C)cc(-n3c4ccccc4c4cc(-c5ccc(N(c6ccc(-c7ccccc7)cc6)c6ccc7c(c6)C(c6ccccc6)(c6ccccc6)c6ccccc6-7)cc5)ccc43)c2)c1. The quantitative estimate of drug-likeness (QED) is 0.0614. The zero-order chi connectivity index (χ0) is 57.5. The molecule has 0 unspecified atom stereocenters. The average Bonchev–Trinajstić information content (AvgIpc) is 1.77. The van der Waals surface area contributed by atoms with Gasteiger partial charge in [-0.15, -0.1) is 0 Å². The monoisotopic (exact) mass is 1100 g/mol. The molecule has 1 aliphatic rings. The minimum absolute atomic E-state index is 0.517. The highest BCUT2D eigenvalue weighted by Gasteiger charge is 2.46. The number of aryl methyl sites for hydroxylation is 3. The summed E-state index contributed by atoms with van der Waals surface area (Å²) in [5.74, 6) is 0. The van der Waals surface area contributed by atoms with Gasteiger partial charge in [0.1, 0.15) is 0 Å². The van der Waals surface area contributed by atoms with Gasteiger partial charge < -0.3 is 9.47 Å². The second-order valence-electron chi connectivity index (χ2n) is 24.0. The lowest BCUT2D eigenvalue weighted by Gasteiger charge is -2.35.